The van der Waals surface area contributed by atoms with Crippen LogP contribution < -0.4 is 5.32 Å². The van der Waals surface area contributed by atoms with E-state index in [-0.39, 0.29) is 6.04 Å². The van der Waals surface area contributed by atoms with Gasteiger partial charge in [-0.15, -0.1) is 23.1 Å². The molecule has 2 aromatic rings. The Labute approximate surface area is 133 Å². The van der Waals surface area contributed by atoms with Crippen molar-refractivity contribution in [3.63, 3.8) is 0 Å². The highest BCUT2D eigenvalue weighted by molar-refractivity contribution is 8.01. The van der Waals surface area contributed by atoms with E-state index in [0.717, 1.165) is 12.1 Å². The van der Waals surface area contributed by atoms with Gasteiger partial charge in [0.1, 0.15) is 0 Å². The average molecular weight is 340 g/mol. The van der Waals surface area contributed by atoms with Crippen molar-refractivity contribution < 1.29 is 8.42 Å². The molecule has 0 spiro atoms. The number of fused-ring (bicyclic) bond motifs is 1. The first-order valence-electron chi connectivity index (χ1n) is 6.74. The molecule has 3 rings (SSSR count). The van der Waals surface area contributed by atoms with Gasteiger partial charge in [0.15, 0.2) is 9.84 Å². The molecule has 112 valence electrons. The lowest BCUT2D eigenvalue weighted by Gasteiger charge is -2.28. The van der Waals surface area contributed by atoms with E-state index < -0.39 is 9.84 Å². The Bertz CT molecular complexity index is 752. The molecule has 0 aliphatic carbocycles. The van der Waals surface area contributed by atoms with Crippen LogP contribution in [-0.2, 0) is 9.84 Å². The zero-order valence-corrected chi connectivity index (χ0v) is 14.3. The minimum absolute atomic E-state index is 0.248. The van der Waals surface area contributed by atoms with Crippen molar-refractivity contribution in [2.75, 3.05) is 11.6 Å². The van der Waals surface area contributed by atoms with Crippen LogP contribution in [0.2, 0.25) is 0 Å². The van der Waals surface area contributed by atoms with E-state index >= 15 is 0 Å². The Balaban J connectivity index is 1.88. The number of rotatable bonds is 3. The molecule has 0 saturated carbocycles. The normalized spacial score (nSPS) is 21.8. The lowest BCUT2D eigenvalue weighted by molar-refractivity contribution is 0.602. The van der Waals surface area contributed by atoms with Crippen LogP contribution in [-0.4, -0.2) is 19.9 Å². The van der Waals surface area contributed by atoms with E-state index in [1.165, 1.54) is 16.0 Å². The summed E-state index contributed by atoms with van der Waals surface area (Å²) >= 11 is 3.70. The van der Waals surface area contributed by atoms with Gasteiger partial charge < -0.3 is 5.32 Å². The maximum Gasteiger partial charge on any atom is 0.175 e. The van der Waals surface area contributed by atoms with Crippen LogP contribution in [0.5, 0.6) is 0 Å². The smallest absolute Gasteiger partial charge is 0.175 e. The van der Waals surface area contributed by atoms with Crippen molar-refractivity contribution >= 4 is 38.6 Å². The average Bonchev–Trinajstić information content (AvgIpc) is 2.86. The fourth-order valence-corrected chi connectivity index (χ4v) is 5.74. The fourth-order valence-electron chi connectivity index (χ4n) is 2.50. The number of hydrogen-bond donors (Lipinski definition) is 1. The SMILES string of the molecule is C[C@H]1CC(Nc2cccc(S(C)(=O)=O)c2)c2ccsc2S1. The van der Waals surface area contributed by atoms with Crippen LogP contribution in [0.15, 0.2) is 44.8 Å². The first kappa shape index (κ1) is 14.9. The van der Waals surface area contributed by atoms with Crippen LogP contribution in [0.4, 0.5) is 5.69 Å². The predicted octanol–water partition coefficient (Wildman–Crippen LogP) is 4.19. The summed E-state index contributed by atoms with van der Waals surface area (Å²) in [5.74, 6) is 0. The van der Waals surface area contributed by atoms with Crippen molar-refractivity contribution in [2.24, 2.45) is 0 Å². The third kappa shape index (κ3) is 3.27. The minimum atomic E-state index is -3.17. The molecule has 1 N–H and O–H groups in total. The summed E-state index contributed by atoms with van der Waals surface area (Å²) in [5.41, 5.74) is 2.19. The second-order valence-corrected chi connectivity index (χ2v) is 9.96. The predicted molar refractivity (Wildman–Crippen MR) is 90.2 cm³/mol. The summed E-state index contributed by atoms with van der Waals surface area (Å²) in [6.45, 7) is 2.23. The topological polar surface area (TPSA) is 46.2 Å². The Morgan fingerprint density at radius 1 is 1.29 bits per heavy atom. The van der Waals surface area contributed by atoms with Gasteiger partial charge in [-0.3, -0.25) is 0 Å². The summed E-state index contributed by atoms with van der Waals surface area (Å²) in [5, 5.41) is 6.18. The lowest BCUT2D eigenvalue weighted by atomic mass is 10.0. The van der Waals surface area contributed by atoms with E-state index in [0.29, 0.717) is 10.1 Å². The molecule has 0 amide bonds. The molecule has 0 radical (unpaired) electrons. The second kappa shape index (κ2) is 5.66. The molecule has 1 aromatic carbocycles. The third-order valence-corrected chi connectivity index (χ3v) is 6.97. The molecule has 2 atom stereocenters. The molecule has 1 aliphatic rings. The Morgan fingerprint density at radius 2 is 2.10 bits per heavy atom. The number of anilines is 1. The highest BCUT2D eigenvalue weighted by Gasteiger charge is 2.26. The van der Waals surface area contributed by atoms with Crippen LogP contribution in [0.25, 0.3) is 0 Å². The van der Waals surface area contributed by atoms with Crippen molar-refractivity contribution in [1.82, 2.24) is 0 Å². The first-order valence-corrected chi connectivity index (χ1v) is 10.4. The molecular weight excluding hydrogens is 322 g/mol. The Hall–Kier alpha value is -0.980. The first-order chi connectivity index (χ1) is 9.93. The quantitative estimate of drug-likeness (QED) is 0.911. The molecule has 0 bridgehead atoms. The molecule has 1 aromatic heterocycles. The lowest BCUT2D eigenvalue weighted by Crippen LogP contribution is -2.19. The molecule has 1 aliphatic heterocycles. The maximum atomic E-state index is 11.7. The van der Waals surface area contributed by atoms with Crippen molar-refractivity contribution in [2.45, 2.75) is 33.7 Å². The van der Waals surface area contributed by atoms with Crippen LogP contribution in [0, 0.1) is 0 Å². The van der Waals surface area contributed by atoms with E-state index in [4.69, 9.17) is 0 Å². The van der Waals surface area contributed by atoms with E-state index in [9.17, 15) is 8.42 Å². The standard InChI is InChI=1S/C15H17NO2S3/c1-10-8-14(13-6-7-19-15(13)20-10)16-11-4-3-5-12(9-11)21(2,17)18/h3-7,9-10,14,16H,8H2,1-2H3/t10-,14?/m0/s1. The van der Waals surface area contributed by atoms with Crippen LogP contribution in [0.1, 0.15) is 24.9 Å². The second-order valence-electron chi connectivity index (χ2n) is 5.32. The van der Waals surface area contributed by atoms with Crippen LogP contribution >= 0.6 is 23.1 Å². The van der Waals surface area contributed by atoms with Gasteiger partial charge >= 0.3 is 0 Å². The zero-order valence-electron chi connectivity index (χ0n) is 11.9. The molecule has 21 heavy (non-hydrogen) atoms. The number of hydrogen-bond acceptors (Lipinski definition) is 5. The highest BCUT2D eigenvalue weighted by Crippen LogP contribution is 2.44. The molecular formula is C15H17NO2S3. The largest absolute Gasteiger partial charge is 0.378 e. The molecule has 2 heterocycles. The molecule has 6 heteroatoms. The van der Waals surface area contributed by atoms with Gasteiger partial charge in [0, 0.05) is 17.2 Å². The van der Waals surface area contributed by atoms with Gasteiger partial charge in [-0.2, -0.15) is 0 Å². The zero-order chi connectivity index (χ0) is 15.0. The fraction of sp³-hybridized carbons (Fsp3) is 0.333. The monoisotopic (exact) mass is 339 g/mol. The summed E-state index contributed by atoms with van der Waals surface area (Å²) in [6, 6.07) is 9.47. The molecule has 0 saturated heterocycles. The summed E-state index contributed by atoms with van der Waals surface area (Å²) in [7, 11) is -3.17. The van der Waals surface area contributed by atoms with Gasteiger partial charge in [-0.1, -0.05) is 13.0 Å². The van der Waals surface area contributed by atoms with Crippen molar-refractivity contribution in [1.29, 1.82) is 0 Å². The number of nitrogens with one attached hydrogen (secondary N) is 1. The van der Waals surface area contributed by atoms with Crippen LogP contribution in [0.3, 0.4) is 0 Å². The minimum Gasteiger partial charge on any atom is -0.378 e. The third-order valence-electron chi connectivity index (χ3n) is 3.51. The van der Waals surface area contributed by atoms with Gasteiger partial charge in [0.2, 0.25) is 0 Å². The maximum absolute atomic E-state index is 11.7. The van der Waals surface area contributed by atoms with Gasteiger partial charge in [0.25, 0.3) is 0 Å². The highest BCUT2D eigenvalue weighted by atomic mass is 32.2. The van der Waals surface area contributed by atoms with Gasteiger partial charge in [-0.05, 0) is 41.6 Å². The Kier molecular flexibility index (Phi) is 4.03. The number of sulfone groups is 1. The van der Waals surface area contributed by atoms with Gasteiger partial charge in [0.05, 0.1) is 15.1 Å². The van der Waals surface area contributed by atoms with E-state index in [1.807, 2.05) is 17.8 Å². The van der Waals surface area contributed by atoms with E-state index in [1.54, 1.807) is 29.5 Å². The molecule has 1 unspecified atom stereocenters. The number of thioether (sulfide) groups is 1. The number of thiophene rings is 1. The molecule has 3 nitrogen and oxygen atoms in total. The Morgan fingerprint density at radius 3 is 2.86 bits per heavy atom. The molecule has 0 fully saturated rings. The van der Waals surface area contributed by atoms with Crippen molar-refractivity contribution in [3.8, 4) is 0 Å². The summed E-state index contributed by atoms with van der Waals surface area (Å²) in [6.07, 6.45) is 2.28. The summed E-state index contributed by atoms with van der Waals surface area (Å²) in [4.78, 5) is 0.358. The van der Waals surface area contributed by atoms with Crippen molar-refractivity contribution in [3.05, 3.63) is 41.3 Å². The number of benzene rings is 1. The van der Waals surface area contributed by atoms with Gasteiger partial charge in [-0.25, -0.2) is 8.42 Å². The van der Waals surface area contributed by atoms with E-state index in [2.05, 4.69) is 23.7 Å². The summed E-state index contributed by atoms with van der Waals surface area (Å²) < 4.78 is 24.7.